The van der Waals surface area contributed by atoms with Crippen molar-refractivity contribution in [1.29, 1.82) is 0 Å². The number of thiophene rings is 1. The van der Waals surface area contributed by atoms with Crippen LogP contribution in [0.2, 0.25) is 0 Å². The van der Waals surface area contributed by atoms with Crippen molar-refractivity contribution < 1.29 is 5.11 Å². The quantitative estimate of drug-likeness (QED) is 0.686. The third-order valence-electron chi connectivity index (χ3n) is 1.70. The molecular weight excluding hydrogens is 258 g/mol. The lowest BCUT2D eigenvalue weighted by Gasteiger charge is -1.92. The number of hydrogen-bond donors (Lipinski definition) is 1. The Labute approximate surface area is 106 Å². The minimum atomic E-state index is -0.0822. The minimum Gasteiger partial charge on any atom is -0.384 e. The van der Waals surface area contributed by atoms with Gasteiger partial charge in [0.25, 0.3) is 0 Å². The maximum absolute atomic E-state index is 8.58. The van der Waals surface area contributed by atoms with Gasteiger partial charge in [0, 0.05) is 22.2 Å². The number of aliphatic hydroxyl groups is 1. The van der Waals surface area contributed by atoms with Gasteiger partial charge in [-0.05, 0) is 12.1 Å². The normalized spacial score (nSPS) is 9.81. The molecule has 1 N–H and O–H groups in total. The predicted octanol–water partition coefficient (Wildman–Crippen LogP) is 2.84. The summed E-state index contributed by atoms with van der Waals surface area (Å²) in [5, 5.41) is 10.6. The second-order valence-corrected chi connectivity index (χ2v) is 6.10. The van der Waals surface area contributed by atoms with Gasteiger partial charge in [-0.2, -0.15) is 0 Å². The van der Waals surface area contributed by atoms with Gasteiger partial charge in [-0.25, -0.2) is 4.98 Å². The van der Waals surface area contributed by atoms with Crippen molar-refractivity contribution in [2.45, 2.75) is 10.1 Å². The van der Waals surface area contributed by atoms with Gasteiger partial charge in [0.2, 0.25) is 0 Å². The molecule has 2 aromatic heterocycles. The maximum atomic E-state index is 8.58. The Morgan fingerprint density at radius 3 is 3.12 bits per heavy atom. The van der Waals surface area contributed by atoms with Gasteiger partial charge in [0.15, 0.2) is 0 Å². The maximum Gasteiger partial charge on any atom is 0.150 e. The molecule has 16 heavy (non-hydrogen) atoms. The number of hydrogen-bond acceptors (Lipinski definition) is 5. The van der Waals surface area contributed by atoms with Crippen molar-refractivity contribution in [3.05, 3.63) is 33.5 Å². The van der Waals surface area contributed by atoms with Gasteiger partial charge in [-0.15, -0.1) is 22.7 Å². The molecular formula is C11H9NOS3. The van der Waals surface area contributed by atoms with Crippen LogP contribution in [-0.2, 0) is 5.75 Å². The van der Waals surface area contributed by atoms with E-state index in [4.69, 9.17) is 5.11 Å². The Morgan fingerprint density at radius 2 is 2.38 bits per heavy atom. The van der Waals surface area contributed by atoms with Crippen molar-refractivity contribution in [2.24, 2.45) is 0 Å². The first-order valence-electron chi connectivity index (χ1n) is 4.59. The molecule has 5 heteroatoms. The summed E-state index contributed by atoms with van der Waals surface area (Å²) < 4.78 is 1.09. The molecule has 0 saturated carbocycles. The molecule has 2 rings (SSSR count). The first-order valence-corrected chi connectivity index (χ1v) is 7.27. The van der Waals surface area contributed by atoms with Crippen molar-refractivity contribution in [1.82, 2.24) is 4.98 Å². The molecule has 2 nitrogen and oxygen atoms in total. The summed E-state index contributed by atoms with van der Waals surface area (Å²) in [5.74, 6) is 6.48. The summed E-state index contributed by atoms with van der Waals surface area (Å²) >= 11 is 5.06. The monoisotopic (exact) mass is 267 g/mol. The molecule has 0 bridgehead atoms. The highest BCUT2D eigenvalue weighted by atomic mass is 32.2. The molecule has 0 aliphatic carbocycles. The van der Waals surface area contributed by atoms with Crippen molar-refractivity contribution in [2.75, 3.05) is 6.61 Å². The smallest absolute Gasteiger partial charge is 0.150 e. The van der Waals surface area contributed by atoms with Crippen molar-refractivity contribution >= 4 is 34.4 Å². The SMILES string of the molecule is OCC#Cc1ccc(CSc2nccs2)s1. The number of thioether (sulfide) groups is 1. The third-order valence-corrected chi connectivity index (χ3v) is 4.90. The number of thiazole rings is 1. The predicted molar refractivity (Wildman–Crippen MR) is 70.0 cm³/mol. The van der Waals surface area contributed by atoms with Crippen LogP contribution >= 0.6 is 34.4 Å². The summed E-state index contributed by atoms with van der Waals surface area (Å²) in [6.45, 7) is -0.0822. The van der Waals surface area contributed by atoms with Crippen LogP contribution < -0.4 is 0 Å². The molecule has 0 atom stereocenters. The van der Waals surface area contributed by atoms with E-state index >= 15 is 0 Å². The topological polar surface area (TPSA) is 33.1 Å². The molecule has 0 saturated heterocycles. The minimum absolute atomic E-state index is 0.0822. The Balaban J connectivity index is 1.93. The first kappa shape index (κ1) is 11.7. The zero-order valence-electron chi connectivity index (χ0n) is 8.34. The number of rotatable bonds is 3. The van der Waals surface area contributed by atoms with E-state index in [0.29, 0.717) is 0 Å². The van der Waals surface area contributed by atoms with Crippen LogP contribution in [0.1, 0.15) is 9.75 Å². The van der Waals surface area contributed by atoms with Gasteiger partial charge in [-0.3, -0.25) is 0 Å². The van der Waals surface area contributed by atoms with E-state index in [0.717, 1.165) is 15.0 Å². The van der Waals surface area contributed by atoms with Gasteiger partial charge < -0.3 is 5.11 Å². The van der Waals surface area contributed by atoms with Gasteiger partial charge in [0.05, 0.1) is 4.88 Å². The summed E-state index contributed by atoms with van der Waals surface area (Å²) in [6, 6.07) is 4.07. The average Bonchev–Trinajstić information content (AvgIpc) is 2.95. The molecule has 0 aliphatic rings. The van der Waals surface area contributed by atoms with E-state index in [1.807, 2.05) is 17.6 Å². The molecule has 0 spiro atoms. The molecule has 0 amide bonds. The Hall–Kier alpha value is -0.800. The van der Waals surface area contributed by atoms with Crippen LogP contribution in [0.3, 0.4) is 0 Å². The molecule has 0 aliphatic heterocycles. The van der Waals surface area contributed by atoms with E-state index in [1.165, 1.54) is 4.88 Å². The van der Waals surface area contributed by atoms with Gasteiger partial charge in [0.1, 0.15) is 10.9 Å². The Morgan fingerprint density at radius 1 is 1.44 bits per heavy atom. The summed E-state index contributed by atoms with van der Waals surface area (Å²) in [5.41, 5.74) is 0. The summed E-state index contributed by atoms with van der Waals surface area (Å²) in [6.07, 6.45) is 1.82. The van der Waals surface area contributed by atoms with Crippen LogP contribution in [0.5, 0.6) is 0 Å². The highest BCUT2D eigenvalue weighted by Gasteiger charge is 2.01. The molecule has 0 unspecified atom stereocenters. The molecule has 0 aromatic carbocycles. The van der Waals surface area contributed by atoms with Gasteiger partial charge >= 0.3 is 0 Å². The van der Waals surface area contributed by atoms with E-state index in [-0.39, 0.29) is 6.61 Å². The lowest BCUT2D eigenvalue weighted by molar-refractivity contribution is 0.350. The first-order chi connectivity index (χ1) is 7.88. The number of aromatic nitrogens is 1. The lowest BCUT2D eigenvalue weighted by Crippen LogP contribution is -1.72. The number of aliphatic hydroxyl groups excluding tert-OH is 1. The van der Waals surface area contributed by atoms with E-state index < -0.39 is 0 Å². The molecule has 2 aromatic rings. The average molecular weight is 267 g/mol. The molecule has 2 heterocycles. The van der Waals surface area contributed by atoms with E-state index in [2.05, 4.69) is 22.9 Å². The lowest BCUT2D eigenvalue weighted by atomic mass is 10.4. The fraction of sp³-hybridized carbons (Fsp3) is 0.182. The molecule has 0 fully saturated rings. The highest BCUT2D eigenvalue weighted by molar-refractivity contribution is 8.00. The van der Waals surface area contributed by atoms with Gasteiger partial charge in [-0.1, -0.05) is 23.6 Å². The summed E-state index contributed by atoms with van der Waals surface area (Å²) in [4.78, 5) is 6.50. The Kier molecular flexibility index (Phi) is 4.43. The van der Waals surface area contributed by atoms with Crippen LogP contribution in [0.25, 0.3) is 0 Å². The second-order valence-electron chi connectivity index (χ2n) is 2.81. The highest BCUT2D eigenvalue weighted by Crippen LogP contribution is 2.27. The number of nitrogens with zero attached hydrogens (tertiary/aromatic N) is 1. The zero-order valence-corrected chi connectivity index (χ0v) is 10.8. The molecule has 0 radical (unpaired) electrons. The van der Waals surface area contributed by atoms with Crippen molar-refractivity contribution in [3.63, 3.8) is 0 Å². The largest absolute Gasteiger partial charge is 0.384 e. The third kappa shape index (κ3) is 3.35. The summed E-state index contributed by atoms with van der Waals surface area (Å²) in [7, 11) is 0. The van der Waals surface area contributed by atoms with Crippen LogP contribution in [-0.4, -0.2) is 16.7 Å². The van der Waals surface area contributed by atoms with E-state index in [9.17, 15) is 0 Å². The fourth-order valence-corrected chi connectivity index (χ4v) is 3.63. The second kappa shape index (κ2) is 6.06. The Bertz CT molecular complexity index is 493. The fourth-order valence-electron chi connectivity index (χ4n) is 1.06. The van der Waals surface area contributed by atoms with Crippen LogP contribution in [0, 0.1) is 11.8 Å². The zero-order chi connectivity index (χ0) is 11.2. The molecule has 82 valence electrons. The van der Waals surface area contributed by atoms with Crippen molar-refractivity contribution in [3.8, 4) is 11.8 Å². The standard InChI is InChI=1S/C11H9NOS3/c13-6-1-2-9-3-4-10(16-9)8-15-11-12-5-7-14-11/h3-5,7,13H,6,8H2. The van der Waals surface area contributed by atoms with Crippen LogP contribution in [0.15, 0.2) is 28.0 Å². The van der Waals surface area contributed by atoms with E-state index in [1.54, 1.807) is 34.4 Å². The van der Waals surface area contributed by atoms with Crippen LogP contribution in [0.4, 0.5) is 0 Å².